The molecule has 0 bridgehead atoms. The summed E-state index contributed by atoms with van der Waals surface area (Å²) in [5, 5.41) is 10.8. The monoisotopic (exact) mass is 438 g/mol. The van der Waals surface area contributed by atoms with Crippen molar-refractivity contribution >= 4 is 23.7 Å². The zero-order chi connectivity index (χ0) is 23.3. The number of hydrogen-bond donors (Lipinski definition) is 2. The summed E-state index contributed by atoms with van der Waals surface area (Å²) >= 11 is 0. The van der Waals surface area contributed by atoms with E-state index in [-0.39, 0.29) is 18.7 Å². The highest BCUT2D eigenvalue weighted by Crippen LogP contribution is 2.29. The standard InChI is InChI=1S/C18H22F4N2O6/c1-17(2,3)30-16(28)24(4)10-8-11(19)13(14(25)26)12(9-10)29-7-5-6-23-15(27)18(20,21)22/h8-9H,5-7H2,1-4H3,(H,23,27)(H,25,26). The van der Waals surface area contributed by atoms with E-state index in [1.165, 1.54) is 7.05 Å². The fraction of sp³-hybridized carbons (Fsp3) is 0.500. The van der Waals surface area contributed by atoms with Gasteiger partial charge in [-0.2, -0.15) is 13.2 Å². The molecule has 168 valence electrons. The van der Waals surface area contributed by atoms with Crippen molar-refractivity contribution in [1.82, 2.24) is 5.32 Å². The molecule has 0 atom stereocenters. The third-order valence-corrected chi connectivity index (χ3v) is 3.43. The molecule has 0 aliphatic rings. The van der Waals surface area contributed by atoms with Gasteiger partial charge in [-0.15, -0.1) is 0 Å². The molecule has 0 radical (unpaired) electrons. The maximum atomic E-state index is 14.3. The summed E-state index contributed by atoms with van der Waals surface area (Å²) in [5.74, 6) is -5.38. The van der Waals surface area contributed by atoms with Gasteiger partial charge in [-0.25, -0.2) is 14.0 Å². The maximum absolute atomic E-state index is 14.3. The molecule has 1 rings (SSSR count). The van der Waals surface area contributed by atoms with Gasteiger partial charge in [0.1, 0.15) is 22.7 Å². The Balaban J connectivity index is 2.92. The molecule has 0 heterocycles. The molecule has 0 aliphatic carbocycles. The Morgan fingerprint density at radius 3 is 2.27 bits per heavy atom. The minimum Gasteiger partial charge on any atom is -0.492 e. The van der Waals surface area contributed by atoms with E-state index in [1.54, 1.807) is 26.1 Å². The van der Waals surface area contributed by atoms with Crippen molar-refractivity contribution in [3.63, 3.8) is 0 Å². The van der Waals surface area contributed by atoms with Gasteiger partial charge in [0.15, 0.2) is 0 Å². The number of halogens is 4. The van der Waals surface area contributed by atoms with E-state index in [2.05, 4.69) is 0 Å². The van der Waals surface area contributed by atoms with Gasteiger partial charge < -0.3 is 19.9 Å². The quantitative estimate of drug-likeness (QED) is 0.500. The number of carboxylic acids is 1. The summed E-state index contributed by atoms with van der Waals surface area (Å²) < 4.78 is 61.0. The fourth-order valence-corrected chi connectivity index (χ4v) is 2.08. The number of ether oxygens (including phenoxy) is 2. The van der Waals surface area contributed by atoms with Gasteiger partial charge in [0.25, 0.3) is 0 Å². The summed E-state index contributed by atoms with van der Waals surface area (Å²) in [7, 11) is 1.28. The number of amides is 2. The van der Waals surface area contributed by atoms with E-state index < -0.39 is 53.4 Å². The van der Waals surface area contributed by atoms with Gasteiger partial charge >= 0.3 is 24.1 Å². The second-order valence-corrected chi connectivity index (χ2v) is 7.10. The summed E-state index contributed by atoms with van der Waals surface area (Å²) in [6.07, 6.45) is -5.97. The Labute approximate surface area is 169 Å². The second kappa shape index (κ2) is 9.63. The van der Waals surface area contributed by atoms with Crippen molar-refractivity contribution in [3.05, 3.63) is 23.5 Å². The molecular weight excluding hydrogens is 416 g/mol. The van der Waals surface area contributed by atoms with Crippen LogP contribution in [0.5, 0.6) is 5.75 Å². The molecule has 1 aromatic rings. The lowest BCUT2D eigenvalue weighted by Gasteiger charge is -2.25. The predicted molar refractivity (Wildman–Crippen MR) is 97.2 cm³/mol. The first-order valence-electron chi connectivity index (χ1n) is 8.65. The molecule has 0 spiro atoms. The number of rotatable bonds is 7. The lowest BCUT2D eigenvalue weighted by atomic mass is 10.1. The molecule has 2 amide bonds. The Hall–Kier alpha value is -3.05. The topological polar surface area (TPSA) is 105 Å². The van der Waals surface area contributed by atoms with Crippen molar-refractivity contribution in [2.75, 3.05) is 25.1 Å². The number of carboxylic acid groups (broad SMARTS) is 1. The average Bonchev–Trinajstić information content (AvgIpc) is 2.57. The van der Waals surface area contributed by atoms with Crippen molar-refractivity contribution < 1.29 is 46.5 Å². The number of carbonyl (C=O) groups excluding carboxylic acids is 2. The first-order chi connectivity index (χ1) is 13.6. The van der Waals surface area contributed by atoms with Gasteiger partial charge in [0.2, 0.25) is 0 Å². The minimum atomic E-state index is -5.03. The fourth-order valence-electron chi connectivity index (χ4n) is 2.08. The number of nitrogens with zero attached hydrogens (tertiary/aromatic N) is 1. The van der Waals surface area contributed by atoms with Crippen LogP contribution < -0.4 is 15.0 Å². The molecule has 0 saturated carbocycles. The highest BCUT2D eigenvalue weighted by molar-refractivity contribution is 5.94. The van der Waals surface area contributed by atoms with Crippen LogP contribution in [0.2, 0.25) is 0 Å². The zero-order valence-corrected chi connectivity index (χ0v) is 16.7. The number of hydrogen-bond acceptors (Lipinski definition) is 5. The third kappa shape index (κ3) is 7.41. The molecule has 0 aromatic heterocycles. The zero-order valence-electron chi connectivity index (χ0n) is 16.7. The maximum Gasteiger partial charge on any atom is 0.471 e. The molecular formula is C18H22F4N2O6. The van der Waals surface area contributed by atoms with Crippen LogP contribution in [0.4, 0.5) is 28.0 Å². The Bertz CT molecular complexity index is 805. The van der Waals surface area contributed by atoms with Crippen LogP contribution in [0, 0.1) is 5.82 Å². The first-order valence-corrected chi connectivity index (χ1v) is 8.65. The number of carbonyl (C=O) groups is 3. The lowest BCUT2D eigenvalue weighted by Crippen LogP contribution is -2.37. The predicted octanol–water partition coefficient (Wildman–Crippen LogP) is 3.34. The summed E-state index contributed by atoms with van der Waals surface area (Å²) in [5.41, 5.74) is -1.70. The molecule has 0 fully saturated rings. The summed E-state index contributed by atoms with van der Waals surface area (Å²) in [6.45, 7) is 4.15. The van der Waals surface area contributed by atoms with Gasteiger partial charge in [-0.3, -0.25) is 9.69 Å². The highest BCUT2D eigenvalue weighted by atomic mass is 19.4. The third-order valence-electron chi connectivity index (χ3n) is 3.43. The Morgan fingerprint density at radius 1 is 1.17 bits per heavy atom. The largest absolute Gasteiger partial charge is 0.492 e. The van der Waals surface area contributed by atoms with Crippen molar-refractivity contribution in [1.29, 1.82) is 0 Å². The van der Waals surface area contributed by atoms with Crippen molar-refractivity contribution in [3.8, 4) is 5.75 Å². The molecule has 30 heavy (non-hydrogen) atoms. The second-order valence-electron chi connectivity index (χ2n) is 7.10. The van der Waals surface area contributed by atoms with Crippen LogP contribution in [0.1, 0.15) is 37.6 Å². The van der Waals surface area contributed by atoms with Crippen LogP contribution in [0.15, 0.2) is 12.1 Å². The summed E-state index contributed by atoms with van der Waals surface area (Å²) in [4.78, 5) is 35.1. The normalized spacial score (nSPS) is 11.6. The number of alkyl halides is 3. The Kier molecular flexibility index (Phi) is 8.02. The van der Waals surface area contributed by atoms with Gasteiger partial charge in [-0.1, -0.05) is 0 Å². The molecule has 1 aromatic carbocycles. The van der Waals surface area contributed by atoms with Crippen LogP contribution in [-0.2, 0) is 9.53 Å². The van der Waals surface area contributed by atoms with Gasteiger partial charge in [0, 0.05) is 19.7 Å². The van der Waals surface area contributed by atoms with Crippen LogP contribution >= 0.6 is 0 Å². The number of benzene rings is 1. The van der Waals surface area contributed by atoms with Crippen LogP contribution in [-0.4, -0.2) is 55.1 Å². The minimum absolute atomic E-state index is 0.0628. The highest BCUT2D eigenvalue weighted by Gasteiger charge is 2.38. The number of anilines is 1. The number of aromatic carboxylic acids is 1. The van der Waals surface area contributed by atoms with E-state index in [9.17, 15) is 37.1 Å². The Morgan fingerprint density at radius 2 is 1.77 bits per heavy atom. The van der Waals surface area contributed by atoms with E-state index in [1.807, 2.05) is 0 Å². The molecule has 0 unspecified atom stereocenters. The molecule has 2 N–H and O–H groups in total. The van der Waals surface area contributed by atoms with E-state index >= 15 is 0 Å². The molecule has 0 aliphatic heterocycles. The number of nitrogens with one attached hydrogen (secondary N) is 1. The van der Waals surface area contributed by atoms with E-state index in [0.717, 1.165) is 17.0 Å². The molecule has 8 nitrogen and oxygen atoms in total. The smallest absolute Gasteiger partial charge is 0.471 e. The van der Waals surface area contributed by atoms with Crippen molar-refractivity contribution in [2.45, 2.75) is 39.0 Å². The molecule has 0 saturated heterocycles. The first kappa shape index (κ1) is 25.0. The van der Waals surface area contributed by atoms with E-state index in [0.29, 0.717) is 0 Å². The van der Waals surface area contributed by atoms with E-state index in [4.69, 9.17) is 9.47 Å². The summed E-state index contributed by atoms with van der Waals surface area (Å²) in [6, 6.07) is 1.90. The van der Waals surface area contributed by atoms with Gasteiger partial charge in [-0.05, 0) is 33.3 Å². The lowest BCUT2D eigenvalue weighted by molar-refractivity contribution is -0.173. The average molecular weight is 438 g/mol. The van der Waals surface area contributed by atoms with Crippen molar-refractivity contribution in [2.24, 2.45) is 0 Å². The molecule has 12 heteroatoms. The van der Waals surface area contributed by atoms with Crippen LogP contribution in [0.25, 0.3) is 0 Å². The SMILES string of the molecule is CN(C(=O)OC(C)(C)C)c1cc(F)c(C(=O)O)c(OCCCNC(=O)C(F)(F)F)c1. The van der Waals surface area contributed by atoms with Crippen LogP contribution in [0.3, 0.4) is 0 Å². The van der Waals surface area contributed by atoms with Gasteiger partial charge in [0.05, 0.1) is 12.3 Å².